The third-order valence-electron chi connectivity index (χ3n) is 6.28. The molecule has 1 saturated heterocycles. The molecule has 29 heavy (non-hydrogen) atoms. The van der Waals surface area contributed by atoms with Gasteiger partial charge in [0.25, 0.3) is 0 Å². The Balaban J connectivity index is 1.60. The zero-order chi connectivity index (χ0) is 20.1. The molecule has 2 heterocycles. The number of benzene rings is 2. The Morgan fingerprint density at radius 1 is 0.966 bits per heavy atom. The van der Waals surface area contributed by atoms with Gasteiger partial charge in [0.05, 0.1) is 17.0 Å². The lowest BCUT2D eigenvalue weighted by Gasteiger charge is -2.26. The number of aromatic nitrogens is 2. The first-order chi connectivity index (χ1) is 14.0. The van der Waals surface area contributed by atoms with Gasteiger partial charge in [0.1, 0.15) is 0 Å². The van der Waals surface area contributed by atoms with Crippen molar-refractivity contribution in [2.24, 2.45) is 0 Å². The number of nitrogens with two attached hydrogens (primary N) is 1. The van der Waals surface area contributed by atoms with Crippen LogP contribution < -0.4 is 5.73 Å². The Labute approximate surface area is 170 Å². The maximum atomic E-state index is 13.2. The highest BCUT2D eigenvalue weighted by atomic mass is 16.1. The summed E-state index contributed by atoms with van der Waals surface area (Å²) < 4.78 is 0. The van der Waals surface area contributed by atoms with Gasteiger partial charge in [0, 0.05) is 35.3 Å². The first kappa shape index (κ1) is 18.0. The fourth-order valence-corrected chi connectivity index (χ4v) is 4.68. The third kappa shape index (κ3) is 2.93. The predicted octanol–water partition coefficient (Wildman–Crippen LogP) is 4.31. The summed E-state index contributed by atoms with van der Waals surface area (Å²) in [7, 11) is 0. The summed E-state index contributed by atoms with van der Waals surface area (Å²) in [5, 5.41) is 0. The topological polar surface area (TPSA) is 72.1 Å². The van der Waals surface area contributed by atoms with E-state index in [1.54, 1.807) is 0 Å². The molecule has 5 heteroatoms. The molecule has 2 aromatic carbocycles. The molecule has 0 amide bonds. The molecule has 3 aromatic rings. The van der Waals surface area contributed by atoms with E-state index in [0.29, 0.717) is 34.6 Å². The van der Waals surface area contributed by atoms with E-state index < -0.39 is 0 Å². The highest BCUT2D eigenvalue weighted by Gasteiger charge is 2.33. The Morgan fingerprint density at radius 2 is 1.66 bits per heavy atom. The normalized spacial score (nSPS) is 20.7. The smallest absolute Gasteiger partial charge is 0.221 e. The summed E-state index contributed by atoms with van der Waals surface area (Å²) in [6.45, 7) is 5.46. The highest BCUT2D eigenvalue weighted by molar-refractivity contribution is 6.23. The number of carbonyl (C=O) groups is 1. The molecule has 1 aliphatic heterocycles. The fraction of sp³-hybridized carbons (Fsp3) is 0.292. The van der Waals surface area contributed by atoms with Gasteiger partial charge in [-0.25, -0.2) is 9.97 Å². The van der Waals surface area contributed by atoms with Gasteiger partial charge >= 0.3 is 0 Å². The van der Waals surface area contributed by atoms with E-state index in [1.165, 1.54) is 18.4 Å². The van der Waals surface area contributed by atoms with Crippen molar-refractivity contribution in [1.82, 2.24) is 14.9 Å². The van der Waals surface area contributed by atoms with Crippen molar-refractivity contribution < 1.29 is 4.79 Å². The highest BCUT2D eigenvalue weighted by Crippen LogP contribution is 2.41. The Morgan fingerprint density at radius 3 is 2.38 bits per heavy atom. The second-order valence-electron chi connectivity index (χ2n) is 8.18. The van der Waals surface area contributed by atoms with Crippen LogP contribution >= 0.6 is 0 Å². The van der Waals surface area contributed by atoms with Crippen molar-refractivity contribution in [3.63, 3.8) is 0 Å². The Hall–Kier alpha value is -3.05. The number of nitrogens with zero attached hydrogens (tertiary/aromatic N) is 3. The number of anilines is 1. The number of ketones is 1. The molecule has 0 saturated carbocycles. The molecule has 1 fully saturated rings. The number of carbonyl (C=O) groups excluding carboxylic acids is 1. The van der Waals surface area contributed by atoms with Crippen molar-refractivity contribution in [3.05, 3.63) is 65.2 Å². The molecule has 146 valence electrons. The molecule has 1 unspecified atom stereocenters. The zero-order valence-corrected chi connectivity index (χ0v) is 16.7. The summed E-state index contributed by atoms with van der Waals surface area (Å²) in [6, 6.07) is 17.0. The molecule has 0 bridgehead atoms. The number of nitrogen functional groups attached to an aromatic ring is 1. The lowest BCUT2D eigenvalue weighted by atomic mass is 10.0. The molecule has 2 aliphatic rings. The second-order valence-corrected chi connectivity index (χ2v) is 8.18. The van der Waals surface area contributed by atoms with Crippen molar-refractivity contribution in [2.45, 2.75) is 45.3 Å². The van der Waals surface area contributed by atoms with Crippen molar-refractivity contribution in [2.75, 3.05) is 5.73 Å². The largest absolute Gasteiger partial charge is 0.368 e. The maximum Gasteiger partial charge on any atom is 0.221 e. The zero-order valence-electron chi connectivity index (χ0n) is 16.7. The standard InChI is InChI=1S/C24H24N4O/c1-14-8-9-15(2)28(14)13-16-10-11-18-19(12-16)22-20(23(18)29)21(26-24(25)27-22)17-6-4-3-5-7-17/h3-7,10-12,14-15H,8-9,13H2,1-2H3,(H2,25,26,27)/t14-,15?/m1/s1. The average Bonchev–Trinajstić information content (AvgIpc) is 3.19. The molecule has 2 atom stereocenters. The number of hydrogen-bond acceptors (Lipinski definition) is 5. The summed E-state index contributed by atoms with van der Waals surface area (Å²) >= 11 is 0. The SMILES string of the molecule is CC1CC[C@@H](C)N1Cc1ccc2c(c1)-c1nc(N)nc(-c3ccccc3)c1C2=O. The van der Waals surface area contributed by atoms with Crippen LogP contribution in [0.5, 0.6) is 0 Å². The molecular formula is C24H24N4O. The minimum absolute atomic E-state index is 0.0247. The Bertz CT molecular complexity index is 1100. The number of fused-ring (bicyclic) bond motifs is 3. The van der Waals surface area contributed by atoms with Gasteiger partial charge < -0.3 is 5.73 Å². The van der Waals surface area contributed by atoms with E-state index in [1.807, 2.05) is 36.4 Å². The summed E-state index contributed by atoms with van der Waals surface area (Å²) in [5.41, 5.74) is 11.5. The van der Waals surface area contributed by atoms with Crippen LogP contribution in [-0.2, 0) is 6.54 Å². The number of likely N-dealkylation sites (tertiary alicyclic amines) is 1. The average molecular weight is 384 g/mol. The van der Waals surface area contributed by atoms with E-state index >= 15 is 0 Å². The van der Waals surface area contributed by atoms with Crippen LogP contribution in [0.4, 0.5) is 5.95 Å². The first-order valence-electron chi connectivity index (χ1n) is 10.2. The molecule has 1 aliphatic carbocycles. The van der Waals surface area contributed by atoms with Gasteiger partial charge in [-0.2, -0.15) is 0 Å². The lowest BCUT2D eigenvalue weighted by Crippen LogP contribution is -2.32. The summed E-state index contributed by atoms with van der Waals surface area (Å²) in [4.78, 5) is 24.6. The van der Waals surface area contributed by atoms with Crippen LogP contribution in [0.2, 0.25) is 0 Å². The van der Waals surface area contributed by atoms with Crippen LogP contribution in [0.1, 0.15) is 48.2 Å². The van der Waals surface area contributed by atoms with Gasteiger partial charge in [-0.1, -0.05) is 42.5 Å². The molecule has 5 nitrogen and oxygen atoms in total. The van der Waals surface area contributed by atoms with E-state index in [-0.39, 0.29) is 11.7 Å². The van der Waals surface area contributed by atoms with Crippen LogP contribution in [0.3, 0.4) is 0 Å². The number of rotatable bonds is 3. The number of hydrogen-bond donors (Lipinski definition) is 1. The van der Waals surface area contributed by atoms with Crippen molar-refractivity contribution in [1.29, 1.82) is 0 Å². The maximum absolute atomic E-state index is 13.2. The van der Waals surface area contributed by atoms with Gasteiger partial charge in [0.15, 0.2) is 5.78 Å². The quantitative estimate of drug-likeness (QED) is 0.570. The van der Waals surface area contributed by atoms with Gasteiger partial charge in [-0.15, -0.1) is 0 Å². The van der Waals surface area contributed by atoms with Crippen LogP contribution in [-0.4, -0.2) is 32.7 Å². The minimum atomic E-state index is -0.0247. The van der Waals surface area contributed by atoms with E-state index in [4.69, 9.17) is 5.73 Å². The monoisotopic (exact) mass is 384 g/mol. The summed E-state index contributed by atoms with van der Waals surface area (Å²) in [6.07, 6.45) is 2.47. The van der Waals surface area contributed by atoms with Gasteiger partial charge in [-0.05, 0) is 38.3 Å². The Kier molecular flexibility index (Phi) is 4.21. The lowest BCUT2D eigenvalue weighted by molar-refractivity contribution is 0.104. The molecule has 2 N–H and O–H groups in total. The third-order valence-corrected chi connectivity index (χ3v) is 6.28. The predicted molar refractivity (Wildman–Crippen MR) is 114 cm³/mol. The summed E-state index contributed by atoms with van der Waals surface area (Å²) in [5.74, 6) is 0.166. The van der Waals surface area contributed by atoms with Gasteiger partial charge in [0.2, 0.25) is 5.95 Å². The first-order valence-corrected chi connectivity index (χ1v) is 10.2. The minimum Gasteiger partial charge on any atom is -0.368 e. The molecule has 0 spiro atoms. The van der Waals surface area contributed by atoms with E-state index in [9.17, 15) is 4.79 Å². The molecule has 0 radical (unpaired) electrons. The van der Waals surface area contributed by atoms with E-state index in [0.717, 1.165) is 17.7 Å². The second kappa shape index (κ2) is 6.78. The van der Waals surface area contributed by atoms with Crippen LogP contribution in [0.25, 0.3) is 22.5 Å². The van der Waals surface area contributed by atoms with Crippen molar-refractivity contribution >= 4 is 11.7 Å². The van der Waals surface area contributed by atoms with Crippen molar-refractivity contribution in [3.8, 4) is 22.5 Å². The van der Waals surface area contributed by atoms with Gasteiger partial charge in [-0.3, -0.25) is 9.69 Å². The molecule has 5 rings (SSSR count). The fourth-order valence-electron chi connectivity index (χ4n) is 4.68. The molecular weight excluding hydrogens is 360 g/mol. The van der Waals surface area contributed by atoms with Crippen LogP contribution in [0, 0.1) is 0 Å². The van der Waals surface area contributed by atoms with Crippen LogP contribution in [0.15, 0.2) is 48.5 Å². The van der Waals surface area contributed by atoms with E-state index in [2.05, 4.69) is 40.8 Å². The molecule has 1 aromatic heterocycles.